The average molecular weight is 151 g/mol. The van der Waals surface area contributed by atoms with Crippen molar-refractivity contribution in [2.24, 2.45) is 5.41 Å². The molecule has 54 valence electrons. The molecule has 0 rings (SSSR count). The van der Waals surface area contributed by atoms with E-state index in [1.165, 1.54) is 0 Å². The van der Waals surface area contributed by atoms with Gasteiger partial charge in [-0.05, 0) is 0 Å². The highest BCUT2D eigenvalue weighted by Crippen LogP contribution is 2.17. The first-order valence-corrected chi connectivity index (χ1v) is 3.16. The van der Waals surface area contributed by atoms with E-state index in [0.717, 1.165) is 0 Å². The first-order valence-electron chi connectivity index (χ1n) is 2.72. The van der Waals surface area contributed by atoms with Crippen molar-refractivity contribution >= 4 is 17.4 Å². The van der Waals surface area contributed by atoms with Crippen LogP contribution in [0.15, 0.2) is 0 Å². The number of aliphatic hydroxyl groups excluding tert-OH is 1. The van der Waals surface area contributed by atoms with E-state index in [2.05, 4.69) is 0 Å². The molecule has 0 heterocycles. The number of carbonyl (C=O) groups excluding carboxylic acids is 1. The molecule has 0 aliphatic heterocycles. The van der Waals surface area contributed by atoms with E-state index in [1.807, 2.05) is 0 Å². The number of hydrogen-bond acceptors (Lipinski definition) is 2. The average Bonchev–Trinajstić information content (AvgIpc) is 1.62. The summed E-state index contributed by atoms with van der Waals surface area (Å²) in [5.74, 6) is -0.343. The van der Waals surface area contributed by atoms with Crippen molar-refractivity contribution in [1.82, 2.24) is 0 Å². The largest absolute Gasteiger partial charge is 0.371 e. The third-order valence-corrected chi connectivity index (χ3v) is 1.15. The summed E-state index contributed by atoms with van der Waals surface area (Å²) in [4.78, 5) is 10.8. The molecule has 0 saturated heterocycles. The highest BCUT2D eigenvalue weighted by Gasteiger charge is 2.26. The fourth-order valence-electron chi connectivity index (χ4n) is 0.357. The Balaban J connectivity index is 4.06. The van der Waals surface area contributed by atoms with Crippen LogP contribution >= 0.6 is 11.6 Å². The number of aliphatic hydroxyl groups is 1. The van der Waals surface area contributed by atoms with Crippen LogP contribution in [0.1, 0.15) is 20.8 Å². The normalized spacial score (nSPS) is 15.2. The fourth-order valence-corrected chi connectivity index (χ4v) is 0.685. The van der Waals surface area contributed by atoms with Gasteiger partial charge in [-0.3, -0.25) is 4.79 Å². The molecule has 0 aliphatic carbocycles. The highest BCUT2D eigenvalue weighted by atomic mass is 35.5. The van der Waals surface area contributed by atoms with Crippen LogP contribution in [-0.4, -0.2) is 16.5 Å². The molecule has 1 unspecified atom stereocenters. The van der Waals surface area contributed by atoms with Crippen LogP contribution in [0.5, 0.6) is 0 Å². The molecule has 0 saturated carbocycles. The summed E-state index contributed by atoms with van der Waals surface area (Å²) in [6.07, 6.45) is 0. The SMILES string of the molecule is CC(C)(C)C(=O)C(O)Cl. The lowest BCUT2D eigenvalue weighted by Gasteiger charge is -2.16. The van der Waals surface area contributed by atoms with E-state index in [9.17, 15) is 4.79 Å². The van der Waals surface area contributed by atoms with Crippen LogP contribution < -0.4 is 0 Å². The van der Waals surface area contributed by atoms with Gasteiger partial charge in [0, 0.05) is 5.41 Å². The standard InChI is InChI=1S/C6H11ClO2/c1-6(2,3)4(8)5(7)9/h5,9H,1-3H3. The van der Waals surface area contributed by atoms with Gasteiger partial charge < -0.3 is 5.11 Å². The van der Waals surface area contributed by atoms with Gasteiger partial charge in [0.2, 0.25) is 0 Å². The maximum Gasteiger partial charge on any atom is 0.187 e. The minimum Gasteiger partial charge on any atom is -0.371 e. The van der Waals surface area contributed by atoms with Crippen molar-refractivity contribution in [2.45, 2.75) is 26.3 Å². The van der Waals surface area contributed by atoms with Crippen LogP contribution in [0.4, 0.5) is 0 Å². The molecule has 3 heteroatoms. The summed E-state index contributed by atoms with van der Waals surface area (Å²) in [5, 5.41) is 8.57. The smallest absolute Gasteiger partial charge is 0.187 e. The van der Waals surface area contributed by atoms with Crippen molar-refractivity contribution in [1.29, 1.82) is 0 Å². The summed E-state index contributed by atoms with van der Waals surface area (Å²) >= 11 is 5.12. The van der Waals surface area contributed by atoms with E-state index < -0.39 is 11.0 Å². The minimum absolute atomic E-state index is 0.343. The predicted octanol–water partition coefficient (Wildman–Crippen LogP) is 1.16. The van der Waals surface area contributed by atoms with Crippen LogP contribution in [0.25, 0.3) is 0 Å². The van der Waals surface area contributed by atoms with Crippen molar-refractivity contribution in [3.8, 4) is 0 Å². The molecule has 0 bridgehead atoms. The van der Waals surface area contributed by atoms with Crippen LogP contribution in [0.2, 0.25) is 0 Å². The lowest BCUT2D eigenvalue weighted by Crippen LogP contribution is -2.28. The molecule has 0 spiro atoms. The van der Waals surface area contributed by atoms with E-state index in [1.54, 1.807) is 20.8 Å². The first-order chi connectivity index (χ1) is 3.85. The Hall–Kier alpha value is -0.0800. The maximum atomic E-state index is 10.8. The Morgan fingerprint density at radius 2 is 1.89 bits per heavy atom. The van der Waals surface area contributed by atoms with Gasteiger partial charge in [-0.2, -0.15) is 0 Å². The molecule has 0 aromatic rings. The minimum atomic E-state index is -1.36. The molecule has 0 aromatic heterocycles. The van der Waals surface area contributed by atoms with E-state index in [4.69, 9.17) is 16.7 Å². The maximum absolute atomic E-state index is 10.8. The second-order valence-corrected chi connectivity index (χ2v) is 3.36. The van der Waals surface area contributed by atoms with Crippen molar-refractivity contribution in [3.05, 3.63) is 0 Å². The summed E-state index contributed by atoms with van der Waals surface area (Å²) in [5.41, 5.74) is -1.90. The molecule has 0 amide bonds. The van der Waals surface area contributed by atoms with Gasteiger partial charge in [-0.1, -0.05) is 32.4 Å². The highest BCUT2D eigenvalue weighted by molar-refractivity contribution is 6.30. The van der Waals surface area contributed by atoms with E-state index >= 15 is 0 Å². The summed E-state index contributed by atoms with van der Waals surface area (Å²) in [6, 6.07) is 0. The number of ketones is 1. The van der Waals surface area contributed by atoms with Crippen LogP contribution in [-0.2, 0) is 4.79 Å². The zero-order chi connectivity index (χ0) is 7.65. The Kier molecular flexibility index (Phi) is 2.65. The molecular formula is C6H11ClO2. The Morgan fingerprint density at radius 1 is 1.56 bits per heavy atom. The molecule has 1 N–H and O–H groups in total. The molecule has 0 radical (unpaired) electrons. The number of halogens is 1. The summed E-state index contributed by atoms with van der Waals surface area (Å²) < 4.78 is 0. The Morgan fingerprint density at radius 3 is 1.89 bits per heavy atom. The van der Waals surface area contributed by atoms with E-state index in [0.29, 0.717) is 0 Å². The molecule has 0 aliphatic rings. The fraction of sp³-hybridized carbons (Fsp3) is 0.833. The second kappa shape index (κ2) is 2.67. The predicted molar refractivity (Wildman–Crippen MR) is 36.3 cm³/mol. The monoisotopic (exact) mass is 150 g/mol. The summed E-state index contributed by atoms with van der Waals surface area (Å²) in [7, 11) is 0. The van der Waals surface area contributed by atoms with Gasteiger partial charge >= 0.3 is 0 Å². The second-order valence-electron chi connectivity index (χ2n) is 2.95. The molecule has 2 nitrogen and oxygen atoms in total. The van der Waals surface area contributed by atoms with Gasteiger partial charge in [-0.25, -0.2) is 0 Å². The third kappa shape index (κ3) is 2.82. The molecule has 1 atom stereocenters. The lowest BCUT2D eigenvalue weighted by atomic mass is 9.91. The van der Waals surface area contributed by atoms with Gasteiger partial charge in [0.1, 0.15) is 0 Å². The number of Topliss-reactive ketones (excluding diaryl/α,β-unsaturated/α-hetero) is 1. The van der Waals surface area contributed by atoms with Crippen molar-refractivity contribution < 1.29 is 9.90 Å². The Bertz CT molecular complexity index is 113. The van der Waals surface area contributed by atoms with Crippen molar-refractivity contribution in [3.63, 3.8) is 0 Å². The lowest BCUT2D eigenvalue weighted by molar-refractivity contribution is -0.131. The Labute approximate surface area is 59.8 Å². The summed E-state index contributed by atoms with van der Waals surface area (Å²) in [6.45, 7) is 5.13. The van der Waals surface area contributed by atoms with Gasteiger partial charge in [0.25, 0.3) is 0 Å². The number of rotatable bonds is 1. The first kappa shape index (κ1) is 8.92. The van der Waals surface area contributed by atoms with Gasteiger partial charge in [-0.15, -0.1) is 0 Å². The van der Waals surface area contributed by atoms with Crippen LogP contribution in [0, 0.1) is 5.41 Å². The number of alkyl halides is 1. The van der Waals surface area contributed by atoms with Gasteiger partial charge in [0.15, 0.2) is 11.3 Å². The van der Waals surface area contributed by atoms with Crippen LogP contribution in [0.3, 0.4) is 0 Å². The molecule has 0 fully saturated rings. The quantitative estimate of drug-likeness (QED) is 0.570. The van der Waals surface area contributed by atoms with Crippen molar-refractivity contribution in [2.75, 3.05) is 0 Å². The number of hydrogen-bond donors (Lipinski definition) is 1. The molecule has 9 heavy (non-hydrogen) atoms. The molecular weight excluding hydrogens is 140 g/mol. The third-order valence-electron chi connectivity index (χ3n) is 0.956. The zero-order valence-corrected chi connectivity index (χ0v) is 6.57. The number of carbonyl (C=O) groups is 1. The van der Waals surface area contributed by atoms with E-state index in [-0.39, 0.29) is 5.78 Å². The molecule has 0 aromatic carbocycles. The van der Waals surface area contributed by atoms with Gasteiger partial charge in [0.05, 0.1) is 0 Å². The zero-order valence-electron chi connectivity index (χ0n) is 5.81. The topological polar surface area (TPSA) is 37.3 Å².